The van der Waals surface area contributed by atoms with Crippen molar-refractivity contribution in [2.45, 2.75) is 6.92 Å². The molecule has 2 heterocycles. The summed E-state index contributed by atoms with van der Waals surface area (Å²) in [4.78, 5) is 29.5. The summed E-state index contributed by atoms with van der Waals surface area (Å²) in [5.74, 6) is -0.160. The van der Waals surface area contributed by atoms with Gasteiger partial charge in [-0.2, -0.15) is 5.10 Å². The van der Waals surface area contributed by atoms with E-state index in [2.05, 4.69) is 20.5 Å². The molecule has 0 atom stereocenters. The number of aromatic amines is 1. The van der Waals surface area contributed by atoms with Crippen molar-refractivity contribution in [3.63, 3.8) is 0 Å². The molecular formula is C23H21N5O2. The number of nitrogens with one attached hydrogen (secondary N) is 2. The molecule has 0 fully saturated rings. The lowest BCUT2D eigenvalue weighted by Crippen LogP contribution is -2.21. The molecule has 150 valence electrons. The van der Waals surface area contributed by atoms with Gasteiger partial charge in [-0.05, 0) is 35.9 Å². The number of hydrogen-bond acceptors (Lipinski definition) is 4. The standard InChI is InChI=1S/C23H21N5O2/c1-14(29)25-19-9-7-15(8-10-19)21-20-12-18(13-24-22(20)27-26-21)16-5-4-6-17(11-16)23(30)28(2)3/h4-13H,1-3H3,(H,25,29)(H,24,26,27). The van der Waals surface area contributed by atoms with E-state index in [1.54, 1.807) is 31.3 Å². The third-order valence-corrected chi connectivity index (χ3v) is 4.75. The van der Waals surface area contributed by atoms with Gasteiger partial charge in [0, 0.05) is 55.0 Å². The number of hydrogen-bond donors (Lipinski definition) is 2. The molecule has 2 N–H and O–H groups in total. The SMILES string of the molecule is CC(=O)Nc1ccc(-c2[nH]nc3ncc(-c4cccc(C(=O)N(C)C)c4)cc23)cc1. The first-order valence-electron chi connectivity index (χ1n) is 9.46. The number of amides is 2. The molecule has 0 saturated carbocycles. The molecule has 0 bridgehead atoms. The summed E-state index contributed by atoms with van der Waals surface area (Å²) in [6.07, 6.45) is 1.76. The lowest BCUT2D eigenvalue weighted by molar-refractivity contribution is -0.114. The van der Waals surface area contributed by atoms with Gasteiger partial charge in [0.1, 0.15) is 0 Å². The number of anilines is 1. The van der Waals surface area contributed by atoms with Gasteiger partial charge in [-0.25, -0.2) is 4.98 Å². The third-order valence-electron chi connectivity index (χ3n) is 4.75. The first-order chi connectivity index (χ1) is 14.4. The maximum Gasteiger partial charge on any atom is 0.253 e. The van der Waals surface area contributed by atoms with Crippen LogP contribution in [0.4, 0.5) is 5.69 Å². The van der Waals surface area contributed by atoms with Crippen molar-refractivity contribution in [1.82, 2.24) is 20.1 Å². The quantitative estimate of drug-likeness (QED) is 0.544. The van der Waals surface area contributed by atoms with E-state index in [0.29, 0.717) is 11.2 Å². The molecule has 2 aromatic carbocycles. The topological polar surface area (TPSA) is 91.0 Å². The molecule has 7 nitrogen and oxygen atoms in total. The summed E-state index contributed by atoms with van der Waals surface area (Å²) < 4.78 is 0. The van der Waals surface area contributed by atoms with Crippen molar-refractivity contribution < 1.29 is 9.59 Å². The summed E-state index contributed by atoms with van der Waals surface area (Å²) in [6, 6.07) is 17.0. The monoisotopic (exact) mass is 399 g/mol. The van der Waals surface area contributed by atoms with E-state index in [1.165, 1.54) is 6.92 Å². The van der Waals surface area contributed by atoms with Gasteiger partial charge < -0.3 is 10.2 Å². The van der Waals surface area contributed by atoms with Crippen molar-refractivity contribution in [2.75, 3.05) is 19.4 Å². The minimum atomic E-state index is -0.112. The molecule has 0 aliphatic heterocycles. The van der Waals surface area contributed by atoms with Crippen molar-refractivity contribution in [3.8, 4) is 22.4 Å². The Hall–Kier alpha value is -4.00. The number of aromatic nitrogens is 3. The van der Waals surface area contributed by atoms with Gasteiger partial charge in [-0.3, -0.25) is 14.7 Å². The van der Waals surface area contributed by atoms with Gasteiger partial charge in [-0.15, -0.1) is 0 Å². The molecule has 0 radical (unpaired) electrons. The van der Waals surface area contributed by atoms with Crippen LogP contribution < -0.4 is 5.32 Å². The Balaban J connectivity index is 1.73. The third kappa shape index (κ3) is 3.77. The molecule has 0 aliphatic rings. The fourth-order valence-corrected chi connectivity index (χ4v) is 3.29. The number of carbonyl (C=O) groups excluding carboxylic acids is 2. The Morgan fingerprint density at radius 1 is 0.967 bits per heavy atom. The highest BCUT2D eigenvalue weighted by Gasteiger charge is 2.13. The van der Waals surface area contributed by atoms with E-state index in [9.17, 15) is 9.59 Å². The van der Waals surface area contributed by atoms with Gasteiger partial charge in [-0.1, -0.05) is 24.3 Å². The smallest absolute Gasteiger partial charge is 0.253 e. The summed E-state index contributed by atoms with van der Waals surface area (Å²) >= 11 is 0. The molecule has 0 aliphatic carbocycles. The Labute approximate surface area is 173 Å². The first kappa shape index (κ1) is 19.3. The Kier molecular flexibility index (Phi) is 5.02. The second kappa shape index (κ2) is 7.79. The number of H-pyrrole nitrogens is 1. The normalized spacial score (nSPS) is 10.8. The van der Waals surface area contributed by atoms with E-state index in [4.69, 9.17) is 0 Å². The summed E-state index contributed by atoms with van der Waals surface area (Å²) in [5.41, 5.74) is 5.55. The molecule has 0 unspecified atom stereocenters. The minimum absolute atomic E-state index is 0.0471. The van der Waals surface area contributed by atoms with Crippen LogP contribution in [0, 0.1) is 0 Å². The van der Waals surface area contributed by atoms with Crippen molar-refractivity contribution in [1.29, 1.82) is 0 Å². The predicted molar refractivity (Wildman–Crippen MR) is 117 cm³/mol. The minimum Gasteiger partial charge on any atom is -0.345 e. The Morgan fingerprint density at radius 2 is 1.73 bits per heavy atom. The summed E-state index contributed by atoms with van der Waals surface area (Å²) in [7, 11) is 3.47. The molecule has 0 spiro atoms. The van der Waals surface area contributed by atoms with Crippen LogP contribution >= 0.6 is 0 Å². The van der Waals surface area contributed by atoms with Crippen molar-refractivity contribution in [3.05, 3.63) is 66.4 Å². The average molecular weight is 399 g/mol. The van der Waals surface area contributed by atoms with Crippen LogP contribution in [-0.2, 0) is 4.79 Å². The fraction of sp³-hybridized carbons (Fsp3) is 0.130. The van der Waals surface area contributed by atoms with E-state index >= 15 is 0 Å². The number of rotatable bonds is 4. The average Bonchev–Trinajstić information content (AvgIpc) is 3.16. The second-order valence-electron chi connectivity index (χ2n) is 7.23. The van der Waals surface area contributed by atoms with Gasteiger partial charge in [0.25, 0.3) is 5.91 Å². The Bertz CT molecular complexity index is 1240. The summed E-state index contributed by atoms with van der Waals surface area (Å²) in [6.45, 7) is 1.48. The molecule has 2 amide bonds. The van der Waals surface area contributed by atoms with E-state index in [0.717, 1.165) is 33.5 Å². The highest BCUT2D eigenvalue weighted by Crippen LogP contribution is 2.30. The molecule has 0 saturated heterocycles. The van der Waals surface area contributed by atoms with Crippen LogP contribution in [0.15, 0.2) is 60.8 Å². The Morgan fingerprint density at radius 3 is 2.43 bits per heavy atom. The summed E-state index contributed by atoms with van der Waals surface area (Å²) in [5, 5.41) is 11.0. The molecule has 7 heteroatoms. The van der Waals surface area contributed by atoms with Gasteiger partial charge >= 0.3 is 0 Å². The first-order valence-corrected chi connectivity index (χ1v) is 9.46. The maximum atomic E-state index is 12.3. The molecule has 30 heavy (non-hydrogen) atoms. The lowest BCUT2D eigenvalue weighted by atomic mass is 10.0. The molecule has 4 aromatic rings. The zero-order chi connectivity index (χ0) is 21.3. The number of pyridine rings is 1. The van der Waals surface area contributed by atoms with E-state index in [1.807, 2.05) is 48.5 Å². The van der Waals surface area contributed by atoms with Crippen molar-refractivity contribution in [2.24, 2.45) is 0 Å². The van der Waals surface area contributed by atoms with Gasteiger partial charge in [0.05, 0.1) is 5.69 Å². The molecule has 4 rings (SSSR count). The lowest BCUT2D eigenvalue weighted by Gasteiger charge is -2.11. The van der Waals surface area contributed by atoms with Crippen LogP contribution in [0.5, 0.6) is 0 Å². The van der Waals surface area contributed by atoms with Crippen molar-refractivity contribution >= 4 is 28.5 Å². The van der Waals surface area contributed by atoms with Crippen LogP contribution in [0.2, 0.25) is 0 Å². The van der Waals surface area contributed by atoms with Crippen LogP contribution in [-0.4, -0.2) is 46.0 Å². The number of carbonyl (C=O) groups is 2. The number of fused-ring (bicyclic) bond motifs is 1. The zero-order valence-corrected chi connectivity index (χ0v) is 16.9. The molecular weight excluding hydrogens is 378 g/mol. The van der Waals surface area contributed by atoms with Gasteiger partial charge in [0.2, 0.25) is 5.91 Å². The number of nitrogens with zero attached hydrogens (tertiary/aromatic N) is 3. The van der Waals surface area contributed by atoms with E-state index < -0.39 is 0 Å². The van der Waals surface area contributed by atoms with Crippen LogP contribution in [0.25, 0.3) is 33.4 Å². The van der Waals surface area contributed by atoms with Gasteiger partial charge in [0.15, 0.2) is 5.65 Å². The largest absolute Gasteiger partial charge is 0.345 e. The predicted octanol–water partition coefficient (Wildman–Crippen LogP) is 3.95. The van der Waals surface area contributed by atoms with Crippen LogP contribution in [0.1, 0.15) is 17.3 Å². The molecule has 2 aromatic heterocycles. The fourth-order valence-electron chi connectivity index (χ4n) is 3.29. The highest BCUT2D eigenvalue weighted by atomic mass is 16.2. The second-order valence-corrected chi connectivity index (χ2v) is 7.23. The van der Waals surface area contributed by atoms with E-state index in [-0.39, 0.29) is 11.8 Å². The maximum absolute atomic E-state index is 12.3. The zero-order valence-electron chi connectivity index (χ0n) is 16.9. The highest BCUT2D eigenvalue weighted by molar-refractivity contribution is 5.97. The number of benzene rings is 2. The van der Waals surface area contributed by atoms with Crippen LogP contribution in [0.3, 0.4) is 0 Å².